The van der Waals surface area contributed by atoms with Gasteiger partial charge in [-0.25, -0.2) is 8.78 Å². The van der Waals surface area contributed by atoms with Crippen LogP contribution in [0.4, 0.5) is 8.78 Å². The van der Waals surface area contributed by atoms with Crippen molar-refractivity contribution in [2.45, 2.75) is 12.3 Å². The van der Waals surface area contributed by atoms with Gasteiger partial charge in [-0.3, -0.25) is 0 Å². The quantitative estimate of drug-likeness (QED) is 0.702. The number of hydrogen-bond acceptors (Lipinski definition) is 0. The highest BCUT2D eigenvalue weighted by molar-refractivity contribution is 9.09. The minimum atomic E-state index is -0.409. The molecule has 2 rings (SSSR count). The molecule has 0 N–H and O–H groups in total. The lowest BCUT2D eigenvalue weighted by atomic mass is 10.1. The van der Waals surface area contributed by atoms with Crippen molar-refractivity contribution < 1.29 is 8.78 Å². The summed E-state index contributed by atoms with van der Waals surface area (Å²) in [5, 5.41) is 0.825. The summed E-state index contributed by atoms with van der Waals surface area (Å²) >= 11 is 3.32. The van der Waals surface area contributed by atoms with Gasteiger partial charge in [0.1, 0.15) is 11.6 Å². The molecule has 0 nitrogen and oxygen atoms in total. The molecule has 0 heterocycles. The highest BCUT2D eigenvalue weighted by atomic mass is 79.9. The Bertz CT molecular complexity index is 304. The van der Waals surface area contributed by atoms with Crippen LogP contribution < -0.4 is 0 Å². The van der Waals surface area contributed by atoms with Gasteiger partial charge in [-0.1, -0.05) is 22.0 Å². The third kappa shape index (κ3) is 1.62. The summed E-state index contributed by atoms with van der Waals surface area (Å²) < 4.78 is 26.4. The Labute approximate surface area is 84.1 Å². The Morgan fingerprint density at radius 1 is 1.31 bits per heavy atom. The molecule has 2 atom stereocenters. The van der Waals surface area contributed by atoms with Crippen molar-refractivity contribution in [2.75, 3.05) is 5.33 Å². The molecule has 1 aliphatic carbocycles. The topological polar surface area (TPSA) is 0 Å². The van der Waals surface area contributed by atoms with Crippen LogP contribution in [0, 0.1) is 17.6 Å². The van der Waals surface area contributed by atoms with Gasteiger partial charge in [0, 0.05) is 10.9 Å². The molecule has 3 heteroatoms. The maximum Gasteiger partial charge on any atom is 0.129 e. The summed E-state index contributed by atoms with van der Waals surface area (Å²) in [4.78, 5) is 0. The molecule has 1 saturated carbocycles. The van der Waals surface area contributed by atoms with Crippen molar-refractivity contribution in [1.82, 2.24) is 0 Å². The fourth-order valence-corrected chi connectivity index (χ4v) is 2.35. The zero-order valence-electron chi connectivity index (χ0n) is 6.93. The van der Waals surface area contributed by atoms with E-state index in [1.807, 2.05) is 0 Å². The van der Waals surface area contributed by atoms with Gasteiger partial charge in [-0.2, -0.15) is 0 Å². The van der Waals surface area contributed by atoms with Crippen LogP contribution in [0.25, 0.3) is 0 Å². The first-order chi connectivity index (χ1) is 6.24. The van der Waals surface area contributed by atoms with Crippen LogP contribution in [-0.4, -0.2) is 5.33 Å². The lowest BCUT2D eigenvalue weighted by Crippen LogP contribution is -1.94. The van der Waals surface area contributed by atoms with Gasteiger partial charge in [0.15, 0.2) is 0 Å². The second-order valence-corrected chi connectivity index (χ2v) is 4.04. The maximum absolute atomic E-state index is 13.2. The Hall–Kier alpha value is -0.440. The molecular weight excluding hydrogens is 238 g/mol. The summed E-state index contributed by atoms with van der Waals surface area (Å²) in [6.45, 7) is 0. The summed E-state index contributed by atoms with van der Waals surface area (Å²) in [5.74, 6) is -0.325. The third-order valence-corrected chi connectivity index (χ3v) is 3.32. The molecule has 0 radical (unpaired) electrons. The second-order valence-electron chi connectivity index (χ2n) is 3.39. The van der Waals surface area contributed by atoms with Gasteiger partial charge in [-0.05, 0) is 30.4 Å². The molecule has 0 bridgehead atoms. The Morgan fingerprint density at radius 2 is 1.92 bits per heavy atom. The number of rotatable bonds is 2. The number of benzene rings is 1. The molecule has 0 amide bonds. The predicted molar refractivity (Wildman–Crippen MR) is 51.0 cm³/mol. The lowest BCUT2D eigenvalue weighted by molar-refractivity contribution is 0.553. The van der Waals surface area contributed by atoms with E-state index in [0.29, 0.717) is 5.92 Å². The number of alkyl halides is 1. The summed E-state index contributed by atoms with van der Waals surface area (Å²) in [6, 6.07) is 4.05. The van der Waals surface area contributed by atoms with Gasteiger partial charge in [0.25, 0.3) is 0 Å². The van der Waals surface area contributed by atoms with E-state index in [1.54, 1.807) is 0 Å². The first kappa shape index (κ1) is 9.13. The normalized spacial score (nSPS) is 26.1. The van der Waals surface area contributed by atoms with Gasteiger partial charge in [0.2, 0.25) is 0 Å². The molecule has 1 aromatic rings. The van der Waals surface area contributed by atoms with E-state index < -0.39 is 11.6 Å². The molecule has 0 aliphatic heterocycles. The predicted octanol–water partition coefficient (Wildman–Crippen LogP) is 3.46. The van der Waals surface area contributed by atoms with Crippen molar-refractivity contribution in [2.24, 2.45) is 5.92 Å². The lowest BCUT2D eigenvalue weighted by Gasteiger charge is -2.02. The molecule has 0 aromatic heterocycles. The van der Waals surface area contributed by atoms with E-state index in [-0.39, 0.29) is 11.5 Å². The van der Waals surface area contributed by atoms with Crippen molar-refractivity contribution >= 4 is 15.9 Å². The fraction of sp³-hybridized carbons (Fsp3) is 0.400. The van der Waals surface area contributed by atoms with Crippen LogP contribution >= 0.6 is 15.9 Å². The average Bonchev–Trinajstić information content (AvgIpc) is 2.83. The van der Waals surface area contributed by atoms with E-state index in [4.69, 9.17) is 0 Å². The molecule has 1 aliphatic rings. The summed E-state index contributed by atoms with van der Waals surface area (Å²) in [5.41, 5.74) is 0.270. The van der Waals surface area contributed by atoms with Crippen LogP contribution in [0.3, 0.4) is 0 Å². The zero-order chi connectivity index (χ0) is 9.42. The average molecular weight is 247 g/mol. The van der Waals surface area contributed by atoms with Crippen LogP contribution in [-0.2, 0) is 0 Å². The van der Waals surface area contributed by atoms with Crippen LogP contribution in [0.15, 0.2) is 18.2 Å². The van der Waals surface area contributed by atoms with Crippen molar-refractivity contribution in [3.05, 3.63) is 35.4 Å². The van der Waals surface area contributed by atoms with Gasteiger partial charge < -0.3 is 0 Å². The summed E-state index contributed by atoms with van der Waals surface area (Å²) in [7, 11) is 0. The molecule has 13 heavy (non-hydrogen) atoms. The van der Waals surface area contributed by atoms with Crippen molar-refractivity contribution in [3.63, 3.8) is 0 Å². The van der Waals surface area contributed by atoms with E-state index in [2.05, 4.69) is 15.9 Å². The standard InChI is InChI=1S/C10H9BrF2/c11-5-6-4-7(6)10-8(12)2-1-3-9(10)13/h1-3,6-7H,4-5H2. The highest BCUT2D eigenvalue weighted by Gasteiger charge is 2.40. The zero-order valence-corrected chi connectivity index (χ0v) is 8.52. The third-order valence-electron chi connectivity index (χ3n) is 2.49. The molecule has 1 fully saturated rings. The molecule has 0 saturated heterocycles. The first-order valence-corrected chi connectivity index (χ1v) is 5.36. The Balaban J connectivity index is 2.30. The molecule has 2 unspecified atom stereocenters. The Morgan fingerprint density at radius 3 is 2.38 bits per heavy atom. The summed E-state index contributed by atoms with van der Waals surface area (Å²) in [6.07, 6.45) is 0.892. The molecule has 0 spiro atoms. The first-order valence-electron chi connectivity index (χ1n) is 4.24. The Kier molecular flexibility index (Phi) is 2.37. The van der Waals surface area contributed by atoms with E-state index in [1.165, 1.54) is 18.2 Å². The molecule has 1 aromatic carbocycles. The molecular formula is C10H9BrF2. The minimum absolute atomic E-state index is 0.0839. The smallest absolute Gasteiger partial charge is 0.129 e. The van der Waals surface area contributed by atoms with Crippen LogP contribution in [0.1, 0.15) is 17.9 Å². The van der Waals surface area contributed by atoms with Gasteiger partial charge >= 0.3 is 0 Å². The SMILES string of the molecule is Fc1cccc(F)c1C1CC1CBr. The second kappa shape index (κ2) is 3.37. The minimum Gasteiger partial charge on any atom is -0.207 e. The fourth-order valence-electron chi connectivity index (χ4n) is 1.64. The van der Waals surface area contributed by atoms with Crippen molar-refractivity contribution in [1.29, 1.82) is 0 Å². The monoisotopic (exact) mass is 246 g/mol. The van der Waals surface area contributed by atoms with Crippen LogP contribution in [0.5, 0.6) is 0 Å². The van der Waals surface area contributed by atoms with Crippen LogP contribution in [0.2, 0.25) is 0 Å². The van der Waals surface area contributed by atoms with Gasteiger partial charge in [0.05, 0.1) is 0 Å². The largest absolute Gasteiger partial charge is 0.207 e. The van der Waals surface area contributed by atoms with Crippen molar-refractivity contribution in [3.8, 4) is 0 Å². The maximum atomic E-state index is 13.2. The van der Waals surface area contributed by atoms with E-state index in [0.717, 1.165) is 11.8 Å². The molecule has 70 valence electrons. The number of hydrogen-bond donors (Lipinski definition) is 0. The van der Waals surface area contributed by atoms with Gasteiger partial charge in [-0.15, -0.1) is 0 Å². The number of halogens is 3. The van der Waals surface area contributed by atoms with E-state index >= 15 is 0 Å². The highest BCUT2D eigenvalue weighted by Crippen LogP contribution is 2.49. The van der Waals surface area contributed by atoms with E-state index in [9.17, 15) is 8.78 Å².